The summed E-state index contributed by atoms with van der Waals surface area (Å²) in [5.41, 5.74) is 4.62. The Morgan fingerprint density at radius 2 is 1.72 bits per heavy atom. The number of aliphatic hydroxyl groups excluding tert-OH is 1. The number of fused-ring (bicyclic) bond motifs is 1. The summed E-state index contributed by atoms with van der Waals surface area (Å²) in [5.74, 6) is 2.05. The first-order valence-electron chi connectivity index (χ1n) is 9.20. The maximum atomic E-state index is 9.16. The monoisotopic (exact) mass is 390 g/mol. The molecule has 0 fully saturated rings. The van der Waals surface area contributed by atoms with Crippen LogP contribution in [0.1, 0.15) is 11.1 Å². The molecule has 2 aromatic carbocycles. The number of aliphatic hydroxyl groups is 1. The van der Waals surface area contributed by atoms with Crippen molar-refractivity contribution >= 4 is 11.5 Å². The van der Waals surface area contributed by atoms with Gasteiger partial charge in [-0.15, -0.1) is 0 Å². The Morgan fingerprint density at radius 3 is 2.45 bits per heavy atom. The van der Waals surface area contributed by atoms with E-state index < -0.39 is 0 Å². The van der Waals surface area contributed by atoms with Crippen LogP contribution in [0.2, 0.25) is 0 Å². The third-order valence-corrected chi connectivity index (χ3v) is 4.77. The molecule has 0 aliphatic rings. The second-order valence-electron chi connectivity index (χ2n) is 6.51. The number of nitrogens with one attached hydrogen (secondary N) is 1. The topological polar surface area (TPSA) is 80.9 Å². The van der Waals surface area contributed by atoms with Gasteiger partial charge in [0.15, 0.2) is 23.0 Å². The molecule has 0 atom stereocenters. The predicted molar refractivity (Wildman–Crippen MR) is 111 cm³/mol. The number of ether oxygens (including phenoxy) is 2. The molecule has 4 aromatic rings. The highest BCUT2D eigenvalue weighted by atomic mass is 16.5. The summed E-state index contributed by atoms with van der Waals surface area (Å²) in [6.45, 7) is 0.651. The molecule has 0 saturated heterocycles. The molecule has 0 bridgehead atoms. The van der Waals surface area contributed by atoms with E-state index >= 15 is 0 Å². The highest BCUT2D eigenvalue weighted by molar-refractivity contribution is 5.72. The maximum Gasteiger partial charge on any atom is 0.180 e. The molecule has 0 spiro atoms. The van der Waals surface area contributed by atoms with Crippen molar-refractivity contribution in [1.82, 2.24) is 14.4 Å². The molecular weight excluding hydrogens is 368 g/mol. The van der Waals surface area contributed by atoms with Crippen LogP contribution in [0, 0.1) is 0 Å². The first-order chi connectivity index (χ1) is 14.2. The van der Waals surface area contributed by atoms with Crippen LogP contribution in [-0.4, -0.2) is 33.7 Å². The highest BCUT2D eigenvalue weighted by Crippen LogP contribution is 2.33. The lowest BCUT2D eigenvalue weighted by atomic mass is 10.1. The van der Waals surface area contributed by atoms with Crippen LogP contribution in [0.5, 0.6) is 11.5 Å². The summed E-state index contributed by atoms with van der Waals surface area (Å²) in [4.78, 5) is 9.01. The minimum absolute atomic E-state index is 0.0432. The zero-order valence-corrected chi connectivity index (χ0v) is 16.3. The van der Waals surface area contributed by atoms with Crippen LogP contribution in [0.3, 0.4) is 0 Å². The van der Waals surface area contributed by atoms with Crippen molar-refractivity contribution in [2.24, 2.45) is 0 Å². The lowest BCUT2D eigenvalue weighted by Gasteiger charge is -2.10. The Balaban J connectivity index is 1.62. The summed E-state index contributed by atoms with van der Waals surface area (Å²) in [6.07, 6.45) is 5.45. The Hall–Kier alpha value is -3.58. The SMILES string of the molecule is COc1ccc(-c2cnc3c(NCc4ccc(CO)cc4)nccn23)cc1OC. The first-order valence-corrected chi connectivity index (χ1v) is 9.20. The quantitative estimate of drug-likeness (QED) is 0.503. The summed E-state index contributed by atoms with van der Waals surface area (Å²) < 4.78 is 12.7. The predicted octanol–water partition coefficient (Wildman–Crippen LogP) is 3.52. The zero-order chi connectivity index (χ0) is 20.2. The molecule has 2 aromatic heterocycles. The van der Waals surface area contributed by atoms with E-state index in [1.54, 1.807) is 20.4 Å². The maximum absolute atomic E-state index is 9.16. The molecule has 2 N–H and O–H groups in total. The van der Waals surface area contributed by atoms with Crippen LogP contribution >= 0.6 is 0 Å². The van der Waals surface area contributed by atoms with E-state index in [1.807, 2.05) is 59.3 Å². The van der Waals surface area contributed by atoms with Crippen LogP contribution in [0.4, 0.5) is 5.82 Å². The van der Waals surface area contributed by atoms with E-state index in [4.69, 9.17) is 14.6 Å². The number of rotatable bonds is 7. The molecule has 0 saturated carbocycles. The normalized spacial score (nSPS) is 10.9. The minimum Gasteiger partial charge on any atom is -0.493 e. The van der Waals surface area contributed by atoms with Gasteiger partial charge in [0.2, 0.25) is 0 Å². The Labute approximate surface area is 168 Å². The molecular formula is C22H22N4O3. The van der Waals surface area contributed by atoms with Gasteiger partial charge in [0.1, 0.15) is 0 Å². The Morgan fingerprint density at radius 1 is 0.966 bits per heavy atom. The Kier molecular flexibility index (Phi) is 5.31. The molecule has 7 nitrogen and oxygen atoms in total. The van der Waals surface area contributed by atoms with Gasteiger partial charge in [-0.25, -0.2) is 9.97 Å². The number of nitrogens with zero attached hydrogens (tertiary/aromatic N) is 3. The van der Waals surface area contributed by atoms with Crippen molar-refractivity contribution < 1.29 is 14.6 Å². The average molecular weight is 390 g/mol. The smallest absolute Gasteiger partial charge is 0.180 e. The van der Waals surface area contributed by atoms with E-state index in [-0.39, 0.29) is 6.61 Å². The highest BCUT2D eigenvalue weighted by Gasteiger charge is 2.13. The molecule has 0 amide bonds. The molecule has 7 heteroatoms. The summed E-state index contributed by atoms with van der Waals surface area (Å²) in [6, 6.07) is 13.6. The summed E-state index contributed by atoms with van der Waals surface area (Å²) in [7, 11) is 3.24. The van der Waals surface area contributed by atoms with E-state index in [2.05, 4.69) is 15.3 Å². The average Bonchev–Trinajstić information content (AvgIpc) is 3.22. The number of benzene rings is 2. The van der Waals surface area contributed by atoms with Gasteiger partial charge < -0.3 is 19.9 Å². The zero-order valence-electron chi connectivity index (χ0n) is 16.3. The number of hydrogen-bond acceptors (Lipinski definition) is 6. The fraction of sp³-hybridized carbons (Fsp3) is 0.182. The van der Waals surface area contributed by atoms with Crippen LogP contribution in [0.25, 0.3) is 16.9 Å². The van der Waals surface area contributed by atoms with E-state index in [1.165, 1.54) is 0 Å². The van der Waals surface area contributed by atoms with Crippen LogP contribution in [-0.2, 0) is 13.2 Å². The van der Waals surface area contributed by atoms with E-state index in [0.29, 0.717) is 23.9 Å². The van der Waals surface area contributed by atoms with Gasteiger partial charge in [-0.3, -0.25) is 4.40 Å². The van der Waals surface area contributed by atoms with Gasteiger partial charge in [0, 0.05) is 24.5 Å². The third-order valence-electron chi connectivity index (χ3n) is 4.77. The second-order valence-corrected chi connectivity index (χ2v) is 6.51. The molecule has 4 rings (SSSR count). The van der Waals surface area contributed by atoms with Crippen molar-refractivity contribution in [1.29, 1.82) is 0 Å². The lowest BCUT2D eigenvalue weighted by Crippen LogP contribution is -2.04. The van der Waals surface area contributed by atoms with E-state index in [9.17, 15) is 0 Å². The first kappa shape index (κ1) is 18.8. The third kappa shape index (κ3) is 3.72. The number of methoxy groups -OCH3 is 2. The number of aromatic nitrogens is 3. The van der Waals surface area contributed by atoms with Gasteiger partial charge in [-0.2, -0.15) is 0 Å². The molecule has 0 aliphatic carbocycles. The van der Waals surface area contributed by atoms with E-state index in [0.717, 1.165) is 28.0 Å². The molecule has 2 heterocycles. The number of hydrogen-bond donors (Lipinski definition) is 2. The molecule has 148 valence electrons. The number of anilines is 1. The van der Waals surface area contributed by atoms with Gasteiger partial charge in [0.05, 0.1) is 32.7 Å². The van der Waals surface area contributed by atoms with Gasteiger partial charge in [0.25, 0.3) is 0 Å². The fourth-order valence-electron chi connectivity index (χ4n) is 3.20. The van der Waals surface area contributed by atoms with Crippen molar-refractivity contribution in [3.05, 3.63) is 72.2 Å². The molecule has 0 aliphatic heterocycles. The molecule has 29 heavy (non-hydrogen) atoms. The minimum atomic E-state index is 0.0432. The van der Waals surface area contributed by atoms with Crippen molar-refractivity contribution in [3.63, 3.8) is 0 Å². The molecule has 0 unspecified atom stereocenters. The van der Waals surface area contributed by atoms with Gasteiger partial charge in [-0.1, -0.05) is 24.3 Å². The van der Waals surface area contributed by atoms with Crippen LogP contribution in [0.15, 0.2) is 61.1 Å². The van der Waals surface area contributed by atoms with Crippen molar-refractivity contribution in [2.75, 3.05) is 19.5 Å². The van der Waals surface area contributed by atoms with Gasteiger partial charge in [-0.05, 0) is 29.3 Å². The van der Waals surface area contributed by atoms with Gasteiger partial charge >= 0.3 is 0 Å². The summed E-state index contributed by atoms with van der Waals surface area (Å²) in [5, 5.41) is 12.5. The largest absolute Gasteiger partial charge is 0.493 e. The second kappa shape index (κ2) is 8.20. The Bertz CT molecular complexity index is 1120. The van der Waals surface area contributed by atoms with Crippen LogP contribution < -0.4 is 14.8 Å². The standard InChI is InChI=1S/C22H22N4O3/c1-28-19-8-7-17(11-20(19)29-2)18-13-25-22-21(23-9-10-26(18)22)24-12-15-3-5-16(14-27)6-4-15/h3-11,13,27H,12,14H2,1-2H3,(H,23,24). The van der Waals surface area contributed by atoms with Crippen molar-refractivity contribution in [3.8, 4) is 22.8 Å². The van der Waals surface area contributed by atoms with Crippen molar-refractivity contribution in [2.45, 2.75) is 13.2 Å². The number of imidazole rings is 1. The fourth-order valence-corrected chi connectivity index (χ4v) is 3.20. The lowest BCUT2D eigenvalue weighted by molar-refractivity contribution is 0.282. The summed E-state index contributed by atoms with van der Waals surface area (Å²) >= 11 is 0. The molecule has 0 radical (unpaired) electrons.